The summed E-state index contributed by atoms with van der Waals surface area (Å²) >= 11 is 0. The number of aryl methyl sites for hydroxylation is 2. The average Bonchev–Trinajstić information content (AvgIpc) is 3.60. The molecular formula is C28H26N6O4. The highest BCUT2D eigenvalue weighted by Gasteiger charge is 2.26. The first kappa shape index (κ1) is 23.7. The van der Waals surface area contributed by atoms with Crippen LogP contribution in [0.25, 0.3) is 28.3 Å². The van der Waals surface area contributed by atoms with Crippen LogP contribution < -0.4 is 10.3 Å². The molecule has 38 heavy (non-hydrogen) atoms. The third kappa shape index (κ3) is 4.45. The first-order chi connectivity index (χ1) is 18.5. The predicted molar refractivity (Wildman–Crippen MR) is 140 cm³/mol. The van der Waals surface area contributed by atoms with Crippen LogP contribution in [0.5, 0.6) is 5.75 Å². The van der Waals surface area contributed by atoms with Gasteiger partial charge in [-0.15, -0.1) is 0 Å². The maximum atomic E-state index is 13.3. The molecule has 0 fully saturated rings. The van der Waals surface area contributed by atoms with Gasteiger partial charge in [-0.05, 0) is 42.8 Å². The lowest BCUT2D eigenvalue weighted by molar-refractivity contribution is -0.132. The van der Waals surface area contributed by atoms with Crippen molar-refractivity contribution < 1.29 is 14.1 Å². The minimum atomic E-state index is -0.193. The van der Waals surface area contributed by atoms with Crippen molar-refractivity contribution in [3.8, 4) is 28.4 Å². The van der Waals surface area contributed by atoms with Crippen LogP contribution in [0.15, 0.2) is 63.9 Å². The largest absolute Gasteiger partial charge is 0.497 e. The number of hydrogen-bond acceptors (Lipinski definition) is 7. The standard InChI is InChI=1S/C28H26N6O4/c1-17-4-3-5-19(14-17)27-30-25(38-32-27)10-11-26(35)33-13-12-22-21(16-33)28(36)34-24(29-22)15-23(31-34)18-6-8-20(37-2)9-7-18/h3-9,14-15,31H,10-13,16H2,1-2H3. The molecule has 0 atom stereocenters. The number of nitrogens with zero attached hydrogens (tertiary/aromatic N) is 5. The lowest BCUT2D eigenvalue weighted by Gasteiger charge is -2.27. The number of amides is 1. The minimum Gasteiger partial charge on any atom is -0.497 e. The lowest BCUT2D eigenvalue weighted by Crippen LogP contribution is -2.40. The summed E-state index contributed by atoms with van der Waals surface area (Å²) in [5.41, 5.74) is 5.30. The Morgan fingerprint density at radius 3 is 2.74 bits per heavy atom. The lowest BCUT2D eigenvalue weighted by atomic mass is 10.1. The molecule has 1 aliphatic rings. The molecule has 192 valence electrons. The number of ether oxygens (including phenoxy) is 1. The van der Waals surface area contributed by atoms with Crippen molar-refractivity contribution >= 4 is 11.6 Å². The van der Waals surface area contributed by atoms with Crippen molar-refractivity contribution in [2.45, 2.75) is 32.7 Å². The summed E-state index contributed by atoms with van der Waals surface area (Å²) in [7, 11) is 1.62. The number of aromatic amines is 1. The first-order valence-electron chi connectivity index (χ1n) is 12.4. The molecule has 0 saturated heterocycles. The quantitative estimate of drug-likeness (QED) is 0.371. The van der Waals surface area contributed by atoms with Gasteiger partial charge in [-0.3, -0.25) is 14.7 Å². The number of rotatable bonds is 6. The van der Waals surface area contributed by atoms with Crippen LogP contribution in [-0.2, 0) is 24.2 Å². The topological polar surface area (TPSA) is 119 Å². The fourth-order valence-corrected chi connectivity index (χ4v) is 4.74. The van der Waals surface area contributed by atoms with Crippen molar-refractivity contribution in [1.29, 1.82) is 0 Å². The number of methoxy groups -OCH3 is 1. The Labute approximate surface area is 217 Å². The van der Waals surface area contributed by atoms with E-state index in [2.05, 4.69) is 15.2 Å². The van der Waals surface area contributed by atoms with E-state index in [1.54, 1.807) is 12.0 Å². The molecule has 0 aliphatic carbocycles. The van der Waals surface area contributed by atoms with Crippen LogP contribution in [0.2, 0.25) is 0 Å². The third-order valence-electron chi connectivity index (χ3n) is 6.81. The van der Waals surface area contributed by atoms with E-state index in [1.807, 2.05) is 61.5 Å². The zero-order valence-corrected chi connectivity index (χ0v) is 21.1. The van der Waals surface area contributed by atoms with E-state index < -0.39 is 0 Å². The maximum absolute atomic E-state index is 13.3. The van der Waals surface area contributed by atoms with Gasteiger partial charge < -0.3 is 14.2 Å². The van der Waals surface area contributed by atoms with Crippen LogP contribution in [-0.4, -0.2) is 49.2 Å². The highest BCUT2D eigenvalue weighted by Crippen LogP contribution is 2.23. The Morgan fingerprint density at radius 1 is 1.11 bits per heavy atom. The highest BCUT2D eigenvalue weighted by molar-refractivity contribution is 5.76. The number of nitrogens with one attached hydrogen (secondary N) is 1. The summed E-state index contributed by atoms with van der Waals surface area (Å²) in [6.07, 6.45) is 1.07. The molecule has 3 aromatic heterocycles. The summed E-state index contributed by atoms with van der Waals surface area (Å²) in [5.74, 6) is 1.60. The Kier molecular flexibility index (Phi) is 5.99. The summed E-state index contributed by atoms with van der Waals surface area (Å²) in [6, 6.07) is 17.3. The van der Waals surface area contributed by atoms with Crippen LogP contribution in [0.1, 0.15) is 29.1 Å². The van der Waals surface area contributed by atoms with Gasteiger partial charge in [-0.2, -0.15) is 4.98 Å². The SMILES string of the molecule is COc1ccc(-c2cc3nc4c(c(=O)n3[nH]2)CN(C(=O)CCc2nc(-c3cccc(C)c3)no2)CC4)cc1. The molecule has 4 heterocycles. The Hall–Kier alpha value is -4.73. The normalized spacial score (nSPS) is 13.1. The van der Waals surface area contributed by atoms with Gasteiger partial charge in [0.25, 0.3) is 5.56 Å². The van der Waals surface area contributed by atoms with Crippen LogP contribution in [0.3, 0.4) is 0 Å². The summed E-state index contributed by atoms with van der Waals surface area (Å²) in [6.45, 7) is 2.72. The third-order valence-corrected chi connectivity index (χ3v) is 6.81. The van der Waals surface area contributed by atoms with Gasteiger partial charge in [0.1, 0.15) is 5.75 Å². The van der Waals surface area contributed by atoms with E-state index in [9.17, 15) is 9.59 Å². The van der Waals surface area contributed by atoms with Gasteiger partial charge in [-0.25, -0.2) is 9.50 Å². The van der Waals surface area contributed by atoms with Gasteiger partial charge in [-0.1, -0.05) is 28.9 Å². The fraction of sp³-hybridized carbons (Fsp3) is 0.250. The van der Waals surface area contributed by atoms with Gasteiger partial charge in [0.05, 0.1) is 30.6 Å². The molecule has 0 bridgehead atoms. The Bertz CT molecular complexity index is 1700. The molecule has 1 aliphatic heterocycles. The number of carbonyl (C=O) groups excluding carboxylic acids is 1. The molecule has 5 aromatic rings. The van der Waals surface area contributed by atoms with Crippen LogP contribution in [0, 0.1) is 6.92 Å². The molecule has 10 heteroatoms. The minimum absolute atomic E-state index is 0.0686. The average molecular weight is 511 g/mol. The monoisotopic (exact) mass is 510 g/mol. The zero-order chi connectivity index (χ0) is 26.2. The number of benzene rings is 2. The molecule has 6 rings (SSSR count). The van der Waals surface area contributed by atoms with Gasteiger partial charge in [0.2, 0.25) is 17.6 Å². The Morgan fingerprint density at radius 2 is 1.95 bits per heavy atom. The molecule has 10 nitrogen and oxygen atoms in total. The van der Waals surface area contributed by atoms with Gasteiger partial charge in [0.15, 0.2) is 5.65 Å². The first-order valence-corrected chi connectivity index (χ1v) is 12.4. The summed E-state index contributed by atoms with van der Waals surface area (Å²) in [5, 5.41) is 7.20. The molecule has 0 radical (unpaired) electrons. The van der Waals surface area contributed by atoms with Crippen molar-refractivity contribution in [2.24, 2.45) is 0 Å². The van der Waals surface area contributed by atoms with Gasteiger partial charge in [0, 0.05) is 37.4 Å². The van der Waals surface area contributed by atoms with E-state index >= 15 is 0 Å². The van der Waals surface area contributed by atoms with Crippen molar-refractivity contribution in [1.82, 2.24) is 29.6 Å². The molecular weight excluding hydrogens is 484 g/mol. The van der Waals surface area contributed by atoms with E-state index in [-0.39, 0.29) is 24.4 Å². The number of carbonyl (C=O) groups is 1. The smallest absolute Gasteiger partial charge is 0.277 e. The molecule has 0 spiro atoms. The van der Waals surface area contributed by atoms with Gasteiger partial charge >= 0.3 is 0 Å². The number of H-pyrrole nitrogens is 1. The number of hydrogen-bond donors (Lipinski definition) is 1. The zero-order valence-electron chi connectivity index (χ0n) is 21.1. The highest BCUT2D eigenvalue weighted by atomic mass is 16.5. The predicted octanol–water partition coefficient (Wildman–Crippen LogP) is 3.57. The van der Waals surface area contributed by atoms with Crippen molar-refractivity contribution in [2.75, 3.05) is 13.7 Å². The van der Waals surface area contributed by atoms with E-state index in [4.69, 9.17) is 14.2 Å². The van der Waals surface area contributed by atoms with Crippen LogP contribution >= 0.6 is 0 Å². The van der Waals surface area contributed by atoms with Crippen molar-refractivity contribution in [3.05, 3.63) is 87.7 Å². The fourth-order valence-electron chi connectivity index (χ4n) is 4.74. The summed E-state index contributed by atoms with van der Waals surface area (Å²) < 4.78 is 12.0. The molecule has 1 N–H and O–H groups in total. The molecule has 0 unspecified atom stereocenters. The van der Waals surface area contributed by atoms with E-state index in [0.717, 1.165) is 33.8 Å². The molecule has 0 saturated carbocycles. The second-order valence-corrected chi connectivity index (χ2v) is 9.38. The number of aromatic nitrogens is 5. The second kappa shape index (κ2) is 9.62. The molecule has 2 aromatic carbocycles. The maximum Gasteiger partial charge on any atom is 0.277 e. The summed E-state index contributed by atoms with van der Waals surface area (Å²) in [4.78, 5) is 37.2. The van der Waals surface area contributed by atoms with Crippen LogP contribution in [0.4, 0.5) is 0 Å². The number of fused-ring (bicyclic) bond motifs is 2. The molecule has 1 amide bonds. The Balaban J connectivity index is 1.16. The van der Waals surface area contributed by atoms with E-state index in [1.165, 1.54) is 4.52 Å². The second-order valence-electron chi connectivity index (χ2n) is 9.38. The van der Waals surface area contributed by atoms with E-state index in [0.29, 0.717) is 42.3 Å². The van der Waals surface area contributed by atoms with Crippen molar-refractivity contribution in [3.63, 3.8) is 0 Å².